The van der Waals surface area contributed by atoms with Crippen LogP contribution in [0.2, 0.25) is 0 Å². The van der Waals surface area contributed by atoms with E-state index in [0.29, 0.717) is 34.0 Å². The van der Waals surface area contributed by atoms with Crippen molar-refractivity contribution >= 4 is 17.8 Å². The number of hydrogen-bond acceptors (Lipinski definition) is 5. The highest BCUT2D eigenvalue weighted by atomic mass is 16.5. The van der Waals surface area contributed by atoms with Gasteiger partial charge >= 0.3 is 5.97 Å². The Morgan fingerprint density at radius 2 is 1.76 bits per heavy atom. The molecule has 0 aliphatic carbocycles. The molecule has 1 aliphatic rings. The molecule has 0 aromatic heterocycles. The highest BCUT2D eigenvalue weighted by Gasteiger charge is 2.22. The number of carbonyl (C=O) groups excluding carboxylic acids is 1. The molecule has 3 rings (SSSR count). The smallest absolute Gasteiger partial charge is 0.343 e. The third kappa shape index (κ3) is 3.38. The second-order valence-corrected chi connectivity index (χ2v) is 5.30. The van der Waals surface area contributed by atoms with Gasteiger partial charge in [-0.3, -0.25) is 0 Å². The van der Waals surface area contributed by atoms with Crippen LogP contribution in [0, 0.1) is 11.3 Å². The molecule has 0 radical (unpaired) electrons. The van der Waals surface area contributed by atoms with Gasteiger partial charge in [-0.25, -0.2) is 4.79 Å². The van der Waals surface area contributed by atoms with Crippen molar-refractivity contribution in [3.63, 3.8) is 0 Å². The van der Waals surface area contributed by atoms with Crippen LogP contribution in [0.25, 0.3) is 11.8 Å². The summed E-state index contributed by atoms with van der Waals surface area (Å²) in [5.41, 5.74) is 2.54. The maximum Gasteiger partial charge on any atom is 0.343 e. The predicted octanol–water partition coefficient (Wildman–Crippen LogP) is 3.56. The molecule has 0 saturated heterocycles. The van der Waals surface area contributed by atoms with Crippen molar-refractivity contribution < 1.29 is 19.0 Å². The Balaban J connectivity index is 1.92. The van der Waals surface area contributed by atoms with Gasteiger partial charge in [0.2, 0.25) is 0 Å². The molecule has 124 valence electrons. The first-order valence-electron chi connectivity index (χ1n) is 7.52. The fraction of sp³-hybridized carbons (Fsp3) is 0.100. The molecule has 0 atom stereocenters. The summed E-state index contributed by atoms with van der Waals surface area (Å²) < 4.78 is 15.8. The lowest BCUT2D eigenvalue weighted by Crippen LogP contribution is -1.98. The fourth-order valence-corrected chi connectivity index (χ4v) is 2.45. The molecule has 1 heterocycles. The SMILES string of the molecule is COc1ccc(C2=C/C(=C/c3ccc(C#N)cc3)C(=O)O2)cc1OC. The van der Waals surface area contributed by atoms with Gasteiger partial charge in [-0.15, -0.1) is 0 Å². The third-order valence-corrected chi connectivity index (χ3v) is 3.75. The van der Waals surface area contributed by atoms with Crippen LogP contribution >= 0.6 is 0 Å². The van der Waals surface area contributed by atoms with E-state index in [2.05, 4.69) is 6.07 Å². The lowest BCUT2D eigenvalue weighted by Gasteiger charge is -2.09. The van der Waals surface area contributed by atoms with Crippen molar-refractivity contribution in [2.24, 2.45) is 0 Å². The average molecular weight is 333 g/mol. The van der Waals surface area contributed by atoms with Crippen LogP contribution < -0.4 is 9.47 Å². The van der Waals surface area contributed by atoms with Crippen molar-refractivity contribution in [2.75, 3.05) is 14.2 Å². The predicted molar refractivity (Wildman–Crippen MR) is 92.7 cm³/mol. The van der Waals surface area contributed by atoms with Gasteiger partial charge in [0.25, 0.3) is 0 Å². The van der Waals surface area contributed by atoms with E-state index >= 15 is 0 Å². The molecule has 5 heteroatoms. The van der Waals surface area contributed by atoms with Crippen molar-refractivity contribution in [3.8, 4) is 17.6 Å². The average Bonchev–Trinajstić information content (AvgIpc) is 3.02. The highest BCUT2D eigenvalue weighted by molar-refractivity contribution is 6.05. The Morgan fingerprint density at radius 3 is 2.40 bits per heavy atom. The molecule has 25 heavy (non-hydrogen) atoms. The topological polar surface area (TPSA) is 68.5 Å². The van der Waals surface area contributed by atoms with Gasteiger partial charge in [0, 0.05) is 5.56 Å². The number of esters is 1. The molecule has 0 spiro atoms. The Kier molecular flexibility index (Phi) is 4.53. The van der Waals surface area contributed by atoms with E-state index in [1.165, 1.54) is 0 Å². The van der Waals surface area contributed by atoms with Crippen LogP contribution in [0.3, 0.4) is 0 Å². The summed E-state index contributed by atoms with van der Waals surface area (Å²) in [5, 5.41) is 8.83. The maximum absolute atomic E-state index is 12.1. The van der Waals surface area contributed by atoms with Crippen molar-refractivity contribution in [1.82, 2.24) is 0 Å². The van der Waals surface area contributed by atoms with E-state index < -0.39 is 5.97 Å². The Bertz CT molecular complexity index is 918. The number of nitrogens with zero attached hydrogens (tertiary/aromatic N) is 1. The van der Waals surface area contributed by atoms with Gasteiger partial charge in [0.05, 0.1) is 31.4 Å². The molecular formula is C20H15NO4. The monoisotopic (exact) mass is 333 g/mol. The van der Waals surface area contributed by atoms with Crippen molar-refractivity contribution in [2.45, 2.75) is 0 Å². The summed E-state index contributed by atoms with van der Waals surface area (Å²) in [6, 6.07) is 14.3. The maximum atomic E-state index is 12.1. The highest BCUT2D eigenvalue weighted by Crippen LogP contribution is 2.33. The van der Waals surface area contributed by atoms with E-state index in [1.807, 2.05) is 0 Å². The molecule has 0 amide bonds. The van der Waals surface area contributed by atoms with E-state index in [1.54, 1.807) is 68.8 Å². The van der Waals surface area contributed by atoms with Gasteiger partial charge in [0.15, 0.2) is 11.5 Å². The van der Waals surface area contributed by atoms with Crippen LogP contribution in [-0.2, 0) is 9.53 Å². The zero-order chi connectivity index (χ0) is 17.8. The minimum atomic E-state index is -0.422. The number of ether oxygens (including phenoxy) is 3. The zero-order valence-electron chi connectivity index (χ0n) is 13.8. The first kappa shape index (κ1) is 16.3. The summed E-state index contributed by atoms with van der Waals surface area (Å²) in [6.07, 6.45) is 3.40. The molecule has 0 bridgehead atoms. The quantitative estimate of drug-likeness (QED) is 0.632. The van der Waals surface area contributed by atoms with Gasteiger partial charge in [-0.1, -0.05) is 12.1 Å². The van der Waals surface area contributed by atoms with E-state index in [9.17, 15) is 4.79 Å². The van der Waals surface area contributed by atoms with E-state index in [-0.39, 0.29) is 0 Å². The number of benzene rings is 2. The molecule has 0 N–H and O–H groups in total. The summed E-state index contributed by atoms with van der Waals surface area (Å²) in [5.74, 6) is 1.19. The second kappa shape index (κ2) is 6.93. The third-order valence-electron chi connectivity index (χ3n) is 3.75. The minimum Gasteiger partial charge on any atom is -0.493 e. The fourth-order valence-electron chi connectivity index (χ4n) is 2.45. The van der Waals surface area contributed by atoms with Gasteiger partial charge in [0.1, 0.15) is 5.76 Å². The Morgan fingerprint density at radius 1 is 1.04 bits per heavy atom. The minimum absolute atomic E-state index is 0.422. The molecule has 0 saturated carbocycles. The Hall–Kier alpha value is -3.52. The summed E-state index contributed by atoms with van der Waals surface area (Å²) in [4.78, 5) is 12.1. The lowest BCUT2D eigenvalue weighted by molar-refractivity contribution is -0.130. The molecule has 5 nitrogen and oxygen atoms in total. The van der Waals surface area contributed by atoms with Gasteiger partial charge in [-0.05, 0) is 48.0 Å². The molecule has 0 fully saturated rings. The van der Waals surface area contributed by atoms with E-state index in [0.717, 1.165) is 5.56 Å². The standard InChI is InChI=1S/C20H15NO4/c1-23-17-8-7-15(10-19(17)24-2)18-11-16(20(22)25-18)9-13-3-5-14(12-21)6-4-13/h3-11H,1-2H3/b16-9-. The first-order chi connectivity index (χ1) is 12.1. The van der Waals surface area contributed by atoms with Gasteiger partial charge in [-0.2, -0.15) is 5.26 Å². The second-order valence-electron chi connectivity index (χ2n) is 5.30. The summed E-state index contributed by atoms with van der Waals surface area (Å²) in [6.45, 7) is 0. The number of methoxy groups -OCH3 is 2. The van der Waals surface area contributed by atoms with Crippen molar-refractivity contribution in [3.05, 3.63) is 70.8 Å². The largest absolute Gasteiger partial charge is 0.493 e. The number of nitriles is 1. The first-order valence-corrected chi connectivity index (χ1v) is 7.52. The van der Waals surface area contributed by atoms with Gasteiger partial charge < -0.3 is 14.2 Å². The zero-order valence-corrected chi connectivity index (χ0v) is 13.8. The van der Waals surface area contributed by atoms with Crippen LogP contribution in [0.1, 0.15) is 16.7 Å². The molecule has 0 unspecified atom stereocenters. The van der Waals surface area contributed by atoms with Crippen LogP contribution in [-0.4, -0.2) is 20.2 Å². The lowest BCUT2D eigenvalue weighted by atomic mass is 10.1. The van der Waals surface area contributed by atoms with Crippen molar-refractivity contribution in [1.29, 1.82) is 5.26 Å². The normalized spacial score (nSPS) is 14.7. The Labute approximate surface area is 145 Å². The van der Waals surface area contributed by atoms with Crippen LogP contribution in [0.4, 0.5) is 0 Å². The summed E-state index contributed by atoms with van der Waals surface area (Å²) >= 11 is 0. The number of cyclic esters (lactones) is 1. The molecule has 2 aromatic carbocycles. The molecular weight excluding hydrogens is 318 g/mol. The number of hydrogen-bond donors (Lipinski definition) is 0. The van der Waals surface area contributed by atoms with E-state index in [4.69, 9.17) is 19.5 Å². The number of carbonyl (C=O) groups is 1. The summed E-state index contributed by atoms with van der Waals surface area (Å²) in [7, 11) is 3.11. The number of rotatable bonds is 4. The molecule has 1 aliphatic heterocycles. The van der Waals surface area contributed by atoms with Crippen LogP contribution in [0.15, 0.2) is 54.1 Å². The van der Waals surface area contributed by atoms with Crippen LogP contribution in [0.5, 0.6) is 11.5 Å². The molecule has 2 aromatic rings.